The Morgan fingerprint density at radius 2 is 0.880 bits per heavy atom. The van der Waals surface area contributed by atoms with Crippen molar-refractivity contribution >= 4 is 25.3 Å². The van der Waals surface area contributed by atoms with Gasteiger partial charge in [-0.05, 0) is 74.4 Å². The molecule has 3 nitrogen and oxygen atoms in total. The lowest BCUT2D eigenvalue weighted by molar-refractivity contribution is 0.565. The van der Waals surface area contributed by atoms with Crippen LogP contribution in [0.4, 0.5) is 0 Å². The van der Waals surface area contributed by atoms with Gasteiger partial charge in [0.05, 0.1) is 0 Å². The minimum Gasteiger partial charge on any atom is -0.317 e. The van der Waals surface area contributed by atoms with Gasteiger partial charge in [-0.2, -0.15) is 0 Å². The van der Waals surface area contributed by atoms with Crippen molar-refractivity contribution in [1.29, 1.82) is 0 Å². The lowest BCUT2D eigenvalue weighted by Crippen LogP contribution is -2.25. The highest BCUT2D eigenvalue weighted by molar-refractivity contribution is 7.80. The van der Waals surface area contributed by atoms with Gasteiger partial charge in [-0.3, -0.25) is 0 Å². The van der Waals surface area contributed by atoms with Crippen molar-refractivity contribution in [2.45, 2.75) is 35.7 Å². The van der Waals surface area contributed by atoms with E-state index in [1.165, 1.54) is 11.1 Å². The Balaban J connectivity index is 1.37. The molecule has 136 valence electrons. The molecule has 0 bridgehead atoms. The molecule has 5 heteroatoms. The van der Waals surface area contributed by atoms with Crippen molar-refractivity contribution in [3.63, 3.8) is 0 Å². The highest BCUT2D eigenvalue weighted by Crippen LogP contribution is 2.08. The third-order valence-electron chi connectivity index (χ3n) is 3.95. The van der Waals surface area contributed by atoms with Crippen molar-refractivity contribution in [3.8, 4) is 0 Å². The summed E-state index contributed by atoms with van der Waals surface area (Å²) in [6, 6.07) is 16.6. The van der Waals surface area contributed by atoms with E-state index in [1.54, 1.807) is 0 Å². The van der Waals surface area contributed by atoms with Crippen LogP contribution in [0.3, 0.4) is 0 Å². The number of hydrogen-bond acceptors (Lipinski definition) is 5. The molecule has 0 fully saturated rings. The molecule has 0 aliphatic carbocycles. The second kappa shape index (κ2) is 12.4. The molecule has 0 aliphatic heterocycles. The third-order valence-corrected chi connectivity index (χ3v) is 4.54. The molecule has 0 saturated carbocycles. The van der Waals surface area contributed by atoms with Crippen molar-refractivity contribution in [2.24, 2.45) is 0 Å². The number of hydrogen-bond donors (Lipinski definition) is 5. The fourth-order valence-corrected chi connectivity index (χ4v) is 2.79. The average molecular weight is 376 g/mol. The van der Waals surface area contributed by atoms with Gasteiger partial charge in [0.2, 0.25) is 0 Å². The van der Waals surface area contributed by atoms with Gasteiger partial charge in [-0.15, -0.1) is 25.3 Å². The summed E-state index contributed by atoms with van der Waals surface area (Å²) >= 11 is 8.59. The number of benzene rings is 2. The molecule has 0 aromatic heterocycles. The molecule has 0 radical (unpaired) electrons. The molecule has 0 unspecified atom stereocenters. The predicted octanol–water partition coefficient (Wildman–Crippen LogP) is 3.51. The van der Waals surface area contributed by atoms with Crippen molar-refractivity contribution in [2.75, 3.05) is 26.2 Å². The first kappa shape index (κ1) is 20.3. The smallest absolute Gasteiger partial charge is 0.0205 e. The van der Waals surface area contributed by atoms with Crippen LogP contribution in [-0.2, 0) is 13.1 Å². The van der Waals surface area contributed by atoms with E-state index >= 15 is 0 Å². The molecule has 0 spiro atoms. The maximum Gasteiger partial charge on any atom is 0.0205 e. The summed E-state index contributed by atoms with van der Waals surface area (Å²) in [4.78, 5) is 2.02. The van der Waals surface area contributed by atoms with Crippen LogP contribution in [0.15, 0.2) is 58.3 Å². The molecule has 2 aromatic rings. The zero-order valence-corrected chi connectivity index (χ0v) is 16.5. The minimum absolute atomic E-state index is 0.923. The summed E-state index contributed by atoms with van der Waals surface area (Å²) in [5, 5.41) is 10.4. The maximum atomic E-state index is 4.30. The molecule has 0 saturated heterocycles. The highest BCUT2D eigenvalue weighted by Gasteiger charge is 1.94. The summed E-state index contributed by atoms with van der Waals surface area (Å²) in [5.74, 6) is 0. The first-order valence-corrected chi connectivity index (χ1v) is 9.81. The standard InChI is InChI=1S/C20H29N3S2/c24-19-7-3-17(4-8-19)15-22-13-1-11-21-12-2-14-23-16-18-5-9-20(25)10-6-18/h3-10,21-25H,1-2,11-16H2. The Morgan fingerprint density at radius 1 is 0.520 bits per heavy atom. The first-order valence-electron chi connectivity index (χ1n) is 8.92. The second-order valence-corrected chi connectivity index (χ2v) is 7.18. The molecule has 0 atom stereocenters. The maximum absolute atomic E-state index is 4.30. The van der Waals surface area contributed by atoms with Crippen LogP contribution in [0.2, 0.25) is 0 Å². The fraction of sp³-hybridized carbons (Fsp3) is 0.400. The lowest BCUT2D eigenvalue weighted by Gasteiger charge is -2.08. The van der Waals surface area contributed by atoms with Gasteiger partial charge in [-0.25, -0.2) is 0 Å². The zero-order valence-electron chi connectivity index (χ0n) is 14.7. The Labute approximate surface area is 162 Å². The van der Waals surface area contributed by atoms with Crippen LogP contribution >= 0.6 is 25.3 Å². The molecule has 2 aromatic carbocycles. The van der Waals surface area contributed by atoms with E-state index in [2.05, 4.69) is 65.5 Å². The van der Waals surface area contributed by atoms with E-state index < -0.39 is 0 Å². The molecule has 25 heavy (non-hydrogen) atoms. The summed E-state index contributed by atoms with van der Waals surface area (Å²) in [5.41, 5.74) is 2.61. The molecule has 0 heterocycles. The Kier molecular flexibility index (Phi) is 10.1. The van der Waals surface area contributed by atoms with Crippen molar-refractivity contribution in [1.82, 2.24) is 16.0 Å². The second-order valence-electron chi connectivity index (χ2n) is 6.14. The van der Waals surface area contributed by atoms with Crippen LogP contribution < -0.4 is 16.0 Å². The van der Waals surface area contributed by atoms with Gasteiger partial charge < -0.3 is 16.0 Å². The zero-order chi connectivity index (χ0) is 17.7. The predicted molar refractivity (Wildman–Crippen MR) is 113 cm³/mol. The highest BCUT2D eigenvalue weighted by atomic mass is 32.1. The Bertz CT molecular complexity index is 531. The summed E-state index contributed by atoms with van der Waals surface area (Å²) in [7, 11) is 0. The van der Waals surface area contributed by atoms with E-state index in [9.17, 15) is 0 Å². The first-order chi connectivity index (χ1) is 12.2. The van der Waals surface area contributed by atoms with Crippen molar-refractivity contribution < 1.29 is 0 Å². The molecular weight excluding hydrogens is 346 g/mol. The minimum atomic E-state index is 0.923. The van der Waals surface area contributed by atoms with Crippen LogP contribution in [0, 0.1) is 0 Å². The van der Waals surface area contributed by atoms with E-state index in [0.29, 0.717) is 0 Å². The largest absolute Gasteiger partial charge is 0.317 e. The molecule has 2 rings (SSSR count). The topological polar surface area (TPSA) is 36.1 Å². The molecular formula is C20H29N3S2. The number of nitrogens with one attached hydrogen (secondary N) is 3. The van der Waals surface area contributed by atoms with Crippen molar-refractivity contribution in [3.05, 3.63) is 59.7 Å². The normalized spacial score (nSPS) is 11.0. The van der Waals surface area contributed by atoms with Crippen LogP contribution in [0.1, 0.15) is 24.0 Å². The summed E-state index contributed by atoms with van der Waals surface area (Å²) in [6.07, 6.45) is 2.29. The fourth-order valence-electron chi connectivity index (χ4n) is 2.49. The van der Waals surface area contributed by atoms with Gasteiger partial charge >= 0.3 is 0 Å². The van der Waals surface area contributed by atoms with E-state index in [1.807, 2.05) is 24.3 Å². The SMILES string of the molecule is Sc1ccc(CNCCCNCCCNCc2ccc(S)cc2)cc1. The van der Waals surface area contributed by atoms with E-state index in [-0.39, 0.29) is 0 Å². The quantitative estimate of drug-likeness (QED) is 0.291. The average Bonchev–Trinajstić information content (AvgIpc) is 2.63. The lowest BCUT2D eigenvalue weighted by atomic mass is 10.2. The van der Waals surface area contributed by atoms with Gasteiger partial charge in [0.15, 0.2) is 0 Å². The van der Waals surface area contributed by atoms with Gasteiger partial charge in [-0.1, -0.05) is 24.3 Å². The Hall–Kier alpha value is -0.980. The van der Waals surface area contributed by atoms with Gasteiger partial charge in [0.25, 0.3) is 0 Å². The molecule has 0 amide bonds. The summed E-state index contributed by atoms with van der Waals surface area (Å²) < 4.78 is 0. The van der Waals surface area contributed by atoms with E-state index in [4.69, 9.17) is 0 Å². The van der Waals surface area contributed by atoms with Gasteiger partial charge in [0.1, 0.15) is 0 Å². The number of thiol groups is 2. The van der Waals surface area contributed by atoms with Crippen LogP contribution in [-0.4, -0.2) is 26.2 Å². The van der Waals surface area contributed by atoms with Crippen LogP contribution in [0.25, 0.3) is 0 Å². The molecule has 0 aliphatic rings. The summed E-state index contributed by atoms with van der Waals surface area (Å²) in [6.45, 7) is 6.04. The molecule has 3 N–H and O–H groups in total. The van der Waals surface area contributed by atoms with Gasteiger partial charge in [0, 0.05) is 22.9 Å². The third kappa shape index (κ3) is 9.33. The monoisotopic (exact) mass is 375 g/mol. The number of rotatable bonds is 12. The Morgan fingerprint density at radius 3 is 1.28 bits per heavy atom. The van der Waals surface area contributed by atoms with Crippen LogP contribution in [0.5, 0.6) is 0 Å². The van der Waals surface area contributed by atoms with E-state index in [0.717, 1.165) is 61.9 Å².